The minimum Gasteiger partial charge on any atom is -0.356 e. The molecule has 1 saturated heterocycles. The third-order valence-electron chi connectivity index (χ3n) is 3.49. The van der Waals surface area contributed by atoms with Crippen LogP contribution in [-0.2, 0) is 4.79 Å². The Balaban J connectivity index is 2.09. The Kier molecular flexibility index (Phi) is 5.77. The summed E-state index contributed by atoms with van der Waals surface area (Å²) in [6.45, 7) is 5.48. The van der Waals surface area contributed by atoms with Gasteiger partial charge in [0, 0.05) is 19.0 Å². The van der Waals surface area contributed by atoms with Crippen LogP contribution in [0.25, 0.3) is 0 Å². The number of carbonyl (C=O) groups is 1. The Morgan fingerprint density at radius 1 is 1.50 bits per heavy atom. The normalized spacial score (nSPS) is 20.7. The smallest absolute Gasteiger partial charge is 0.224 e. The highest BCUT2D eigenvalue weighted by atomic mass is 16.1. The van der Waals surface area contributed by atoms with Crippen molar-refractivity contribution in [3.63, 3.8) is 0 Å². The van der Waals surface area contributed by atoms with Crippen LogP contribution in [0.4, 0.5) is 0 Å². The van der Waals surface area contributed by atoms with Crippen LogP contribution in [0.3, 0.4) is 0 Å². The number of piperidine rings is 1. The van der Waals surface area contributed by atoms with E-state index in [2.05, 4.69) is 17.3 Å². The summed E-state index contributed by atoms with van der Waals surface area (Å²) >= 11 is 0. The van der Waals surface area contributed by atoms with Gasteiger partial charge >= 0.3 is 0 Å². The zero-order valence-corrected chi connectivity index (χ0v) is 10.5. The molecule has 1 aliphatic heterocycles. The molecule has 1 unspecified atom stereocenters. The first kappa shape index (κ1) is 13.5. The summed E-state index contributed by atoms with van der Waals surface area (Å²) in [7, 11) is 2.17. The zero-order valence-electron chi connectivity index (χ0n) is 10.5. The van der Waals surface area contributed by atoms with Gasteiger partial charge in [0.15, 0.2) is 0 Å². The summed E-state index contributed by atoms with van der Waals surface area (Å²) in [6, 6.07) is 0. The van der Waals surface area contributed by atoms with Crippen molar-refractivity contribution < 1.29 is 4.79 Å². The highest BCUT2D eigenvalue weighted by molar-refractivity contribution is 5.78. The maximum absolute atomic E-state index is 11.5. The molecule has 94 valence electrons. The number of nitrogens with one attached hydrogen (secondary N) is 1. The molecule has 3 N–H and O–H groups in total. The number of carbonyl (C=O) groups excluding carboxylic acids is 1. The van der Waals surface area contributed by atoms with Crippen molar-refractivity contribution in [2.75, 3.05) is 33.2 Å². The molecular weight excluding hydrogens is 202 g/mol. The van der Waals surface area contributed by atoms with Gasteiger partial charge in [-0.2, -0.15) is 0 Å². The molecule has 1 aliphatic rings. The van der Waals surface area contributed by atoms with E-state index in [1.807, 2.05) is 6.92 Å². The molecule has 4 heteroatoms. The van der Waals surface area contributed by atoms with Crippen molar-refractivity contribution >= 4 is 5.91 Å². The van der Waals surface area contributed by atoms with Crippen LogP contribution < -0.4 is 11.1 Å². The fourth-order valence-corrected chi connectivity index (χ4v) is 2.03. The van der Waals surface area contributed by atoms with E-state index in [4.69, 9.17) is 5.73 Å². The highest BCUT2D eigenvalue weighted by Gasteiger charge is 2.17. The van der Waals surface area contributed by atoms with Gasteiger partial charge in [0.1, 0.15) is 0 Å². The quantitative estimate of drug-likeness (QED) is 0.716. The number of amides is 1. The van der Waals surface area contributed by atoms with E-state index in [1.165, 1.54) is 25.9 Å². The third-order valence-corrected chi connectivity index (χ3v) is 3.49. The van der Waals surface area contributed by atoms with Gasteiger partial charge < -0.3 is 16.0 Å². The molecule has 1 heterocycles. The molecule has 0 radical (unpaired) electrons. The van der Waals surface area contributed by atoms with E-state index in [-0.39, 0.29) is 11.8 Å². The van der Waals surface area contributed by atoms with E-state index in [9.17, 15) is 4.79 Å². The summed E-state index contributed by atoms with van der Waals surface area (Å²) in [5, 5.41) is 2.96. The number of nitrogens with zero attached hydrogens (tertiary/aromatic N) is 1. The van der Waals surface area contributed by atoms with Gasteiger partial charge in [0.25, 0.3) is 0 Å². The van der Waals surface area contributed by atoms with Crippen molar-refractivity contribution in [1.29, 1.82) is 0 Å². The minimum atomic E-state index is -0.0579. The predicted octanol–water partition coefficient (Wildman–Crippen LogP) is 0.429. The van der Waals surface area contributed by atoms with Crippen LogP contribution in [0.2, 0.25) is 0 Å². The van der Waals surface area contributed by atoms with Crippen molar-refractivity contribution in [3.05, 3.63) is 0 Å². The SMILES string of the molecule is CC(CN)C(=O)NCCC1CCN(C)CC1. The average molecular weight is 227 g/mol. The Labute approximate surface area is 98.6 Å². The second-order valence-corrected chi connectivity index (χ2v) is 4.96. The molecule has 0 spiro atoms. The van der Waals surface area contributed by atoms with E-state index in [0.29, 0.717) is 6.54 Å². The lowest BCUT2D eigenvalue weighted by atomic mass is 9.94. The van der Waals surface area contributed by atoms with Crippen LogP contribution in [0.5, 0.6) is 0 Å². The van der Waals surface area contributed by atoms with Gasteiger partial charge in [0.05, 0.1) is 0 Å². The lowest BCUT2D eigenvalue weighted by Gasteiger charge is -2.28. The topological polar surface area (TPSA) is 58.4 Å². The number of likely N-dealkylation sites (tertiary alicyclic amines) is 1. The first-order valence-electron chi connectivity index (χ1n) is 6.29. The van der Waals surface area contributed by atoms with Gasteiger partial charge in [-0.1, -0.05) is 6.92 Å². The number of rotatable bonds is 5. The van der Waals surface area contributed by atoms with E-state index < -0.39 is 0 Å². The Morgan fingerprint density at radius 3 is 2.69 bits per heavy atom. The van der Waals surface area contributed by atoms with Crippen LogP contribution in [0.1, 0.15) is 26.2 Å². The van der Waals surface area contributed by atoms with Crippen LogP contribution >= 0.6 is 0 Å². The van der Waals surface area contributed by atoms with Gasteiger partial charge in [0.2, 0.25) is 5.91 Å². The molecule has 0 bridgehead atoms. The first-order valence-corrected chi connectivity index (χ1v) is 6.29. The van der Waals surface area contributed by atoms with Crippen molar-refractivity contribution in [1.82, 2.24) is 10.2 Å². The van der Waals surface area contributed by atoms with E-state index in [0.717, 1.165) is 18.9 Å². The van der Waals surface area contributed by atoms with Gasteiger partial charge in [-0.05, 0) is 45.3 Å². The van der Waals surface area contributed by atoms with E-state index >= 15 is 0 Å². The molecule has 1 atom stereocenters. The first-order chi connectivity index (χ1) is 7.63. The zero-order chi connectivity index (χ0) is 12.0. The molecule has 0 aromatic carbocycles. The molecule has 0 aliphatic carbocycles. The van der Waals surface area contributed by atoms with Crippen LogP contribution in [-0.4, -0.2) is 44.0 Å². The summed E-state index contributed by atoms with van der Waals surface area (Å²) in [5.74, 6) is 0.817. The fourth-order valence-electron chi connectivity index (χ4n) is 2.03. The summed E-state index contributed by atoms with van der Waals surface area (Å²) in [4.78, 5) is 13.8. The van der Waals surface area contributed by atoms with Crippen molar-refractivity contribution in [2.24, 2.45) is 17.6 Å². The second-order valence-electron chi connectivity index (χ2n) is 4.96. The van der Waals surface area contributed by atoms with Crippen molar-refractivity contribution in [2.45, 2.75) is 26.2 Å². The molecule has 1 amide bonds. The maximum Gasteiger partial charge on any atom is 0.224 e. The number of nitrogens with two attached hydrogens (primary N) is 1. The van der Waals surface area contributed by atoms with Gasteiger partial charge in [-0.25, -0.2) is 0 Å². The molecule has 1 fully saturated rings. The molecule has 4 nitrogen and oxygen atoms in total. The van der Waals surface area contributed by atoms with E-state index in [1.54, 1.807) is 0 Å². The number of hydrogen-bond acceptors (Lipinski definition) is 3. The standard InChI is InChI=1S/C12H25N3O/c1-10(9-13)12(16)14-6-3-11-4-7-15(2)8-5-11/h10-11H,3-9,13H2,1-2H3,(H,14,16). The molecule has 16 heavy (non-hydrogen) atoms. The lowest BCUT2D eigenvalue weighted by Crippen LogP contribution is -2.36. The monoisotopic (exact) mass is 227 g/mol. The van der Waals surface area contributed by atoms with Gasteiger partial charge in [-0.3, -0.25) is 4.79 Å². The van der Waals surface area contributed by atoms with Crippen molar-refractivity contribution in [3.8, 4) is 0 Å². The fraction of sp³-hybridized carbons (Fsp3) is 0.917. The second kappa shape index (κ2) is 6.86. The molecule has 1 rings (SSSR count). The summed E-state index contributed by atoms with van der Waals surface area (Å²) in [6.07, 6.45) is 3.63. The molecular formula is C12H25N3O. The Hall–Kier alpha value is -0.610. The predicted molar refractivity (Wildman–Crippen MR) is 66.1 cm³/mol. The highest BCUT2D eigenvalue weighted by Crippen LogP contribution is 2.18. The largest absolute Gasteiger partial charge is 0.356 e. The molecule has 0 saturated carbocycles. The molecule has 0 aromatic rings. The third kappa shape index (κ3) is 4.49. The number of hydrogen-bond donors (Lipinski definition) is 2. The van der Waals surface area contributed by atoms with Crippen LogP contribution in [0.15, 0.2) is 0 Å². The summed E-state index contributed by atoms with van der Waals surface area (Å²) < 4.78 is 0. The van der Waals surface area contributed by atoms with Crippen LogP contribution in [0, 0.1) is 11.8 Å². The summed E-state index contributed by atoms with van der Waals surface area (Å²) in [5.41, 5.74) is 5.44. The minimum absolute atomic E-state index is 0.0579. The Morgan fingerprint density at radius 2 is 2.12 bits per heavy atom. The molecule has 0 aromatic heterocycles. The van der Waals surface area contributed by atoms with Gasteiger partial charge in [-0.15, -0.1) is 0 Å². The lowest BCUT2D eigenvalue weighted by molar-refractivity contribution is -0.124. The Bertz CT molecular complexity index is 212. The average Bonchev–Trinajstić information content (AvgIpc) is 2.30. The maximum atomic E-state index is 11.5.